The van der Waals surface area contributed by atoms with Gasteiger partial charge < -0.3 is 5.32 Å². The molecule has 130 valence electrons. The van der Waals surface area contributed by atoms with Crippen molar-refractivity contribution in [3.8, 4) is 0 Å². The van der Waals surface area contributed by atoms with Crippen LogP contribution in [0.4, 0.5) is 5.82 Å². The Kier molecular flexibility index (Phi) is 3.32. The van der Waals surface area contributed by atoms with Gasteiger partial charge in [-0.25, -0.2) is 4.68 Å². The molecular weight excluding hydrogens is 322 g/mol. The van der Waals surface area contributed by atoms with Gasteiger partial charge >= 0.3 is 0 Å². The molecule has 4 nitrogen and oxygen atoms in total. The second-order valence-electron chi connectivity index (χ2n) is 8.95. The van der Waals surface area contributed by atoms with Crippen LogP contribution in [0.15, 0.2) is 12.3 Å². The van der Waals surface area contributed by atoms with E-state index in [1.54, 1.807) is 0 Å². The summed E-state index contributed by atoms with van der Waals surface area (Å²) in [5.74, 6) is 2.37. The van der Waals surface area contributed by atoms with Gasteiger partial charge in [0.25, 0.3) is 0 Å². The lowest BCUT2D eigenvalue weighted by molar-refractivity contribution is -0.138. The Balaban J connectivity index is 1.39. The van der Waals surface area contributed by atoms with Crippen molar-refractivity contribution in [1.82, 2.24) is 9.78 Å². The van der Waals surface area contributed by atoms with Gasteiger partial charge in [0.2, 0.25) is 5.91 Å². The number of aromatic nitrogens is 2. The fourth-order valence-corrected chi connectivity index (χ4v) is 7.21. The molecule has 5 saturated carbocycles. The minimum atomic E-state index is -0.239. The van der Waals surface area contributed by atoms with E-state index in [-0.39, 0.29) is 16.2 Å². The van der Waals surface area contributed by atoms with Crippen LogP contribution in [0.25, 0.3) is 0 Å². The van der Waals surface area contributed by atoms with Crippen LogP contribution in [0.1, 0.15) is 70.3 Å². The number of carbonyl (C=O) groups is 1. The zero-order chi connectivity index (χ0) is 16.4. The molecule has 0 aliphatic heterocycles. The van der Waals surface area contributed by atoms with Gasteiger partial charge in [0, 0.05) is 10.9 Å². The van der Waals surface area contributed by atoms with Crippen molar-refractivity contribution in [1.29, 1.82) is 0 Å². The normalized spacial score (nSPS) is 41.0. The molecule has 0 radical (unpaired) electrons. The second-order valence-corrected chi connectivity index (χ2v) is 9.75. The van der Waals surface area contributed by atoms with Crippen LogP contribution >= 0.6 is 11.6 Å². The van der Waals surface area contributed by atoms with Gasteiger partial charge in [-0.15, -0.1) is 11.6 Å². The molecule has 0 unspecified atom stereocenters. The molecule has 1 amide bonds. The van der Waals surface area contributed by atoms with Crippen molar-refractivity contribution in [3.05, 3.63) is 12.3 Å². The first-order valence-electron chi connectivity index (χ1n) is 9.59. The summed E-state index contributed by atoms with van der Waals surface area (Å²) in [5.41, 5.74) is -0.239. The molecule has 0 spiro atoms. The summed E-state index contributed by atoms with van der Waals surface area (Å²) in [6, 6.07) is 2.40. The molecule has 5 heteroatoms. The number of hydrogen-bond acceptors (Lipinski definition) is 2. The molecule has 5 fully saturated rings. The van der Waals surface area contributed by atoms with Crippen LogP contribution in [-0.4, -0.2) is 20.6 Å². The van der Waals surface area contributed by atoms with Crippen molar-refractivity contribution in [3.63, 3.8) is 0 Å². The average molecular weight is 348 g/mol. The third-order valence-electron chi connectivity index (χ3n) is 7.05. The van der Waals surface area contributed by atoms with E-state index >= 15 is 0 Å². The Hall–Kier alpha value is -1.03. The molecular formula is C19H26ClN3O. The van der Waals surface area contributed by atoms with Crippen LogP contribution in [0, 0.1) is 17.3 Å². The molecule has 24 heavy (non-hydrogen) atoms. The Morgan fingerprint density at radius 1 is 1.21 bits per heavy atom. The van der Waals surface area contributed by atoms with Crippen molar-refractivity contribution >= 4 is 23.3 Å². The molecule has 1 heterocycles. The number of carbonyl (C=O) groups excluding carboxylic acids is 1. The Morgan fingerprint density at radius 3 is 2.58 bits per heavy atom. The largest absolute Gasteiger partial charge is 0.310 e. The lowest BCUT2D eigenvalue weighted by atomic mass is 9.49. The molecule has 5 aliphatic carbocycles. The smallest absolute Gasteiger partial charge is 0.231 e. The quantitative estimate of drug-likeness (QED) is 0.817. The van der Waals surface area contributed by atoms with Crippen molar-refractivity contribution in [2.24, 2.45) is 17.3 Å². The zero-order valence-electron chi connectivity index (χ0n) is 14.1. The lowest BCUT2D eigenvalue weighted by Crippen LogP contribution is -2.57. The van der Waals surface area contributed by atoms with Gasteiger partial charge in [-0.05, 0) is 63.2 Å². The number of halogens is 1. The highest BCUT2D eigenvalue weighted by Gasteiger charge is 2.60. The van der Waals surface area contributed by atoms with E-state index in [0.717, 1.165) is 37.9 Å². The second kappa shape index (κ2) is 5.23. The van der Waals surface area contributed by atoms with E-state index in [9.17, 15) is 4.79 Å². The SMILES string of the molecule is O=C(Nc1ccnn1C1CCCC1)C12C[C@H]3C[C@@H](CC(Cl)(C3)C1)C2. The molecule has 1 aromatic heterocycles. The minimum Gasteiger partial charge on any atom is -0.310 e. The summed E-state index contributed by atoms with van der Waals surface area (Å²) in [7, 11) is 0. The molecule has 4 bridgehead atoms. The van der Waals surface area contributed by atoms with Gasteiger partial charge in [0.15, 0.2) is 0 Å². The summed E-state index contributed by atoms with van der Waals surface area (Å²) < 4.78 is 2.04. The monoisotopic (exact) mass is 347 g/mol. The molecule has 1 N–H and O–H groups in total. The highest BCUT2D eigenvalue weighted by atomic mass is 35.5. The van der Waals surface area contributed by atoms with Crippen molar-refractivity contribution in [2.45, 2.75) is 75.1 Å². The predicted octanol–water partition coefficient (Wildman–Crippen LogP) is 4.51. The standard InChI is InChI=1S/C19H26ClN3O/c20-19-10-13-7-14(11-19)9-18(8-13,12-19)17(24)22-16-5-6-21-23(16)15-3-1-2-4-15/h5-6,13-15H,1-4,7-12H2,(H,22,24)/t13-,14-,18?,19?/m1/s1. The maximum Gasteiger partial charge on any atom is 0.231 e. The van der Waals surface area contributed by atoms with Gasteiger partial charge in [0.1, 0.15) is 5.82 Å². The average Bonchev–Trinajstić information content (AvgIpc) is 3.14. The van der Waals surface area contributed by atoms with Gasteiger partial charge in [-0.3, -0.25) is 4.79 Å². The van der Waals surface area contributed by atoms with Crippen LogP contribution in [0.2, 0.25) is 0 Å². The third-order valence-corrected chi connectivity index (χ3v) is 7.50. The highest BCUT2D eigenvalue weighted by molar-refractivity contribution is 6.24. The number of anilines is 1. The third kappa shape index (κ3) is 2.33. The lowest BCUT2D eigenvalue weighted by Gasteiger charge is -2.59. The number of hydrogen-bond donors (Lipinski definition) is 1. The molecule has 0 saturated heterocycles. The molecule has 2 atom stereocenters. The van der Waals surface area contributed by atoms with E-state index in [1.165, 1.54) is 32.1 Å². The van der Waals surface area contributed by atoms with Crippen molar-refractivity contribution in [2.75, 3.05) is 5.32 Å². The summed E-state index contributed by atoms with van der Waals surface area (Å²) in [4.78, 5) is 13.1. The van der Waals surface area contributed by atoms with Crippen LogP contribution in [0.5, 0.6) is 0 Å². The summed E-state index contributed by atoms with van der Waals surface area (Å²) in [5, 5.41) is 7.73. The fourth-order valence-electron chi connectivity index (χ4n) is 6.52. The number of rotatable bonds is 3. The predicted molar refractivity (Wildman–Crippen MR) is 94.1 cm³/mol. The van der Waals surface area contributed by atoms with E-state index in [0.29, 0.717) is 17.9 Å². The number of amides is 1. The fraction of sp³-hybridized carbons (Fsp3) is 0.789. The number of nitrogens with one attached hydrogen (secondary N) is 1. The van der Waals surface area contributed by atoms with Crippen LogP contribution < -0.4 is 5.32 Å². The number of nitrogens with zero attached hydrogens (tertiary/aromatic N) is 2. The summed E-state index contributed by atoms with van der Waals surface area (Å²) in [6.45, 7) is 0. The zero-order valence-corrected chi connectivity index (χ0v) is 14.9. The first kappa shape index (κ1) is 15.2. The minimum absolute atomic E-state index is 0.118. The Labute approximate surface area is 148 Å². The maximum atomic E-state index is 13.3. The number of alkyl halides is 1. The van der Waals surface area contributed by atoms with E-state index in [4.69, 9.17) is 11.6 Å². The van der Waals surface area contributed by atoms with E-state index in [2.05, 4.69) is 10.4 Å². The summed E-state index contributed by atoms with van der Waals surface area (Å²) in [6.07, 6.45) is 13.1. The maximum absolute atomic E-state index is 13.3. The molecule has 1 aromatic rings. The van der Waals surface area contributed by atoms with E-state index < -0.39 is 0 Å². The summed E-state index contributed by atoms with van der Waals surface area (Å²) >= 11 is 6.88. The van der Waals surface area contributed by atoms with Crippen LogP contribution in [-0.2, 0) is 4.79 Å². The molecule has 5 aliphatic rings. The topological polar surface area (TPSA) is 46.9 Å². The Bertz CT molecular complexity index is 649. The first-order chi connectivity index (χ1) is 11.6. The highest BCUT2D eigenvalue weighted by Crippen LogP contribution is 2.64. The Morgan fingerprint density at radius 2 is 1.92 bits per heavy atom. The molecule has 6 rings (SSSR count). The van der Waals surface area contributed by atoms with Crippen LogP contribution in [0.3, 0.4) is 0 Å². The first-order valence-corrected chi connectivity index (χ1v) is 9.97. The van der Waals surface area contributed by atoms with Gasteiger partial charge in [0.05, 0.1) is 17.7 Å². The van der Waals surface area contributed by atoms with Gasteiger partial charge in [-0.1, -0.05) is 12.8 Å². The van der Waals surface area contributed by atoms with E-state index in [1.807, 2.05) is 16.9 Å². The molecule has 0 aromatic carbocycles. The van der Waals surface area contributed by atoms with Gasteiger partial charge in [-0.2, -0.15) is 5.10 Å². The van der Waals surface area contributed by atoms with Crippen molar-refractivity contribution < 1.29 is 4.79 Å².